The predicted octanol–water partition coefficient (Wildman–Crippen LogP) is 10.8. The molecule has 3 heterocycles. The number of hydrogen-bond acceptors (Lipinski definition) is 4. The zero-order chi connectivity index (χ0) is 40.6. The van der Waals surface area contributed by atoms with Crippen LogP contribution in [0.25, 0.3) is 78.7 Å². The predicted molar refractivity (Wildman–Crippen MR) is 196 cm³/mol. The van der Waals surface area contributed by atoms with E-state index >= 15 is 0 Å². The van der Waals surface area contributed by atoms with E-state index in [0.717, 1.165) is 29.6 Å². The topological polar surface area (TPSA) is 56.7 Å². The standard InChI is InChI=1S/C43H30N4O/c1-3-27-22-25-36-39(31(27)4-2)32-18-11-12-20-35(32)47(36)30-23-24-33-38(26-30)48-37-21-13-19-34(40(33)37)43-45-41(28-14-7-5-8-15-28)44-42(46-43)29-16-9-6-10-17-29/h3-27,31H,1-2H2/i1D,2D,3D,4D,11D,12D,18D,20D,22D,25D. The summed E-state index contributed by atoms with van der Waals surface area (Å²) in [6, 6.07) is 26.7. The van der Waals surface area contributed by atoms with Crippen molar-refractivity contribution in [2.24, 2.45) is 5.92 Å². The Balaban J connectivity index is 1.31. The molecule has 0 saturated heterocycles. The van der Waals surface area contributed by atoms with Crippen LogP contribution in [-0.2, 0) is 0 Å². The number of fused-ring (bicyclic) bond motifs is 6. The quantitative estimate of drug-likeness (QED) is 0.172. The summed E-state index contributed by atoms with van der Waals surface area (Å²) in [5.74, 6) is -1.16. The first-order valence-corrected chi connectivity index (χ1v) is 15.3. The molecule has 0 amide bonds. The molecule has 48 heavy (non-hydrogen) atoms. The van der Waals surface area contributed by atoms with Gasteiger partial charge >= 0.3 is 0 Å². The number of hydrogen-bond donors (Lipinski definition) is 0. The highest BCUT2D eigenvalue weighted by atomic mass is 16.3. The minimum atomic E-state index is -1.31. The van der Waals surface area contributed by atoms with E-state index in [-0.39, 0.29) is 46.4 Å². The SMILES string of the molecule is [2H]C=C([2H])C1C([2H])=C([2H])c2c(c3c([2H])c([2H])c([2H])c([2H])c3n2-c2ccc3c(c2)oc2cccc(-c4nc(-c5ccccc5)nc(-c5ccccc5)n4)c23)C1C([2H])=C[2H]. The number of aromatic nitrogens is 4. The molecule has 228 valence electrons. The first-order chi connectivity index (χ1) is 28.0. The molecule has 0 fully saturated rings. The summed E-state index contributed by atoms with van der Waals surface area (Å²) >= 11 is 0. The van der Waals surface area contributed by atoms with Crippen molar-refractivity contribution in [1.82, 2.24) is 19.5 Å². The van der Waals surface area contributed by atoms with Crippen LogP contribution in [0.2, 0.25) is 0 Å². The lowest BCUT2D eigenvalue weighted by Crippen LogP contribution is -2.12. The van der Waals surface area contributed by atoms with Gasteiger partial charge in [-0.15, -0.1) is 13.1 Å². The van der Waals surface area contributed by atoms with Gasteiger partial charge in [0.05, 0.1) is 24.9 Å². The van der Waals surface area contributed by atoms with Crippen LogP contribution in [0, 0.1) is 5.92 Å². The van der Waals surface area contributed by atoms with Crippen LogP contribution in [0.5, 0.6) is 0 Å². The summed E-state index contributed by atoms with van der Waals surface area (Å²) in [5, 5.41) is 1.41. The van der Waals surface area contributed by atoms with Crippen LogP contribution in [0.4, 0.5) is 0 Å². The maximum atomic E-state index is 9.26. The molecule has 0 bridgehead atoms. The van der Waals surface area contributed by atoms with Crippen molar-refractivity contribution in [3.05, 3.63) is 164 Å². The average molecular weight is 629 g/mol. The molecule has 2 unspecified atom stereocenters. The van der Waals surface area contributed by atoms with E-state index in [1.165, 1.54) is 4.57 Å². The fourth-order valence-electron chi connectivity index (χ4n) is 6.49. The van der Waals surface area contributed by atoms with Gasteiger partial charge in [-0.05, 0) is 35.9 Å². The molecule has 5 aromatic carbocycles. The Kier molecular flexibility index (Phi) is 4.51. The second kappa shape index (κ2) is 11.2. The van der Waals surface area contributed by atoms with Crippen molar-refractivity contribution in [3.8, 4) is 39.9 Å². The molecular formula is C43H30N4O. The summed E-state index contributed by atoms with van der Waals surface area (Å²) in [7, 11) is 0. The van der Waals surface area contributed by atoms with Crippen molar-refractivity contribution in [3.63, 3.8) is 0 Å². The van der Waals surface area contributed by atoms with Crippen molar-refractivity contribution >= 4 is 38.9 Å². The van der Waals surface area contributed by atoms with Crippen LogP contribution in [-0.4, -0.2) is 19.5 Å². The Morgan fingerprint density at radius 3 is 2.23 bits per heavy atom. The van der Waals surface area contributed by atoms with Gasteiger partial charge in [0.2, 0.25) is 0 Å². The van der Waals surface area contributed by atoms with E-state index in [1.807, 2.05) is 84.9 Å². The number of para-hydroxylation sites is 1. The normalized spacial score (nSPS) is 19.8. The third-order valence-electron chi connectivity index (χ3n) is 8.67. The molecule has 0 saturated carbocycles. The molecular weight excluding hydrogens is 589 g/mol. The fourth-order valence-corrected chi connectivity index (χ4v) is 6.49. The van der Waals surface area contributed by atoms with Gasteiger partial charge in [0.15, 0.2) is 17.5 Å². The fraction of sp³-hybridized carbons (Fsp3) is 0.0465. The maximum absolute atomic E-state index is 9.26. The Morgan fingerprint density at radius 1 is 0.750 bits per heavy atom. The second-order valence-electron chi connectivity index (χ2n) is 11.4. The van der Waals surface area contributed by atoms with Crippen LogP contribution in [0.1, 0.15) is 30.9 Å². The summed E-state index contributed by atoms with van der Waals surface area (Å²) in [5.41, 5.74) is 3.73. The van der Waals surface area contributed by atoms with Crippen molar-refractivity contribution in [1.29, 1.82) is 0 Å². The molecule has 1 aliphatic carbocycles. The van der Waals surface area contributed by atoms with E-state index in [4.69, 9.17) is 31.7 Å². The molecule has 9 rings (SSSR count). The number of rotatable bonds is 6. The molecule has 0 spiro atoms. The lowest BCUT2D eigenvalue weighted by molar-refractivity contribution is 0.668. The van der Waals surface area contributed by atoms with Gasteiger partial charge in [-0.3, -0.25) is 0 Å². The third-order valence-corrected chi connectivity index (χ3v) is 8.67. The largest absolute Gasteiger partial charge is 0.456 e. The van der Waals surface area contributed by atoms with Crippen molar-refractivity contribution in [2.45, 2.75) is 5.92 Å². The zero-order valence-electron chi connectivity index (χ0n) is 35.2. The van der Waals surface area contributed by atoms with Gasteiger partial charge in [-0.2, -0.15) is 0 Å². The molecule has 0 N–H and O–H groups in total. The monoisotopic (exact) mass is 628 g/mol. The molecule has 5 nitrogen and oxygen atoms in total. The Labute approximate surface area is 291 Å². The minimum absolute atomic E-state index is 0.00147. The Morgan fingerprint density at radius 2 is 1.48 bits per heavy atom. The molecule has 5 heteroatoms. The number of nitrogens with zero attached hydrogens (tertiary/aromatic N) is 4. The molecule has 0 radical (unpaired) electrons. The van der Waals surface area contributed by atoms with E-state index < -0.39 is 36.0 Å². The smallest absolute Gasteiger partial charge is 0.164 e. The summed E-state index contributed by atoms with van der Waals surface area (Å²) in [6.45, 7) is 1.48. The van der Waals surface area contributed by atoms with E-state index in [9.17, 15) is 1.37 Å². The van der Waals surface area contributed by atoms with Crippen LogP contribution in [0.15, 0.2) is 157 Å². The molecule has 2 atom stereocenters. The average Bonchev–Trinajstić information content (AvgIpc) is 3.82. The van der Waals surface area contributed by atoms with Crippen molar-refractivity contribution < 1.29 is 18.1 Å². The summed E-state index contributed by atoms with van der Waals surface area (Å²) in [4.78, 5) is 14.7. The maximum Gasteiger partial charge on any atom is 0.164 e. The molecule has 0 aliphatic heterocycles. The second-order valence-corrected chi connectivity index (χ2v) is 11.4. The summed E-state index contributed by atoms with van der Waals surface area (Å²) in [6.07, 6.45) is 0. The van der Waals surface area contributed by atoms with Gasteiger partial charge < -0.3 is 8.98 Å². The highest BCUT2D eigenvalue weighted by Crippen LogP contribution is 2.44. The number of benzene rings is 5. The Hall–Kier alpha value is -6.33. The minimum Gasteiger partial charge on any atom is -0.456 e. The van der Waals surface area contributed by atoms with Gasteiger partial charge in [0, 0.05) is 56.4 Å². The van der Waals surface area contributed by atoms with Gasteiger partial charge in [-0.1, -0.05) is 109 Å². The van der Waals surface area contributed by atoms with Crippen LogP contribution >= 0.6 is 0 Å². The lowest BCUT2D eigenvalue weighted by atomic mass is 9.81. The zero-order valence-corrected chi connectivity index (χ0v) is 25.2. The van der Waals surface area contributed by atoms with Gasteiger partial charge in [-0.25, -0.2) is 15.0 Å². The van der Waals surface area contributed by atoms with Crippen LogP contribution in [0.3, 0.4) is 0 Å². The first kappa shape index (κ1) is 19.4. The van der Waals surface area contributed by atoms with Crippen molar-refractivity contribution in [2.75, 3.05) is 0 Å². The Bertz CT molecular complexity index is 3030. The van der Waals surface area contributed by atoms with Crippen LogP contribution < -0.4 is 0 Å². The highest BCUT2D eigenvalue weighted by molar-refractivity contribution is 6.12. The molecule has 8 aromatic rings. The highest BCUT2D eigenvalue weighted by Gasteiger charge is 2.29. The molecule has 3 aromatic heterocycles. The van der Waals surface area contributed by atoms with E-state index in [0.29, 0.717) is 45.3 Å². The molecule has 1 aliphatic rings. The summed E-state index contributed by atoms with van der Waals surface area (Å²) < 4.78 is 94.7. The number of allylic oxidation sites excluding steroid dienone is 3. The third kappa shape index (κ3) is 4.36. The lowest BCUT2D eigenvalue weighted by Gasteiger charge is -2.24. The van der Waals surface area contributed by atoms with E-state index in [2.05, 4.69) is 0 Å². The number of furan rings is 1. The van der Waals surface area contributed by atoms with E-state index in [1.54, 1.807) is 12.1 Å². The van der Waals surface area contributed by atoms with Gasteiger partial charge in [0.1, 0.15) is 11.2 Å². The van der Waals surface area contributed by atoms with Gasteiger partial charge in [0.25, 0.3) is 0 Å². The first-order valence-electron chi connectivity index (χ1n) is 20.4.